The lowest BCUT2D eigenvalue weighted by Gasteiger charge is -2.31. The van der Waals surface area contributed by atoms with Crippen LogP contribution in [0.25, 0.3) is 0 Å². The summed E-state index contributed by atoms with van der Waals surface area (Å²) < 4.78 is 5.64. The molecule has 0 saturated carbocycles. The Morgan fingerprint density at radius 1 is 0.964 bits per heavy atom. The summed E-state index contributed by atoms with van der Waals surface area (Å²) in [7, 11) is 0. The molecular formula is C23H30N2O3. The Morgan fingerprint density at radius 2 is 1.57 bits per heavy atom. The molecule has 0 aliphatic rings. The second-order valence-electron chi connectivity index (χ2n) is 6.85. The molecule has 150 valence electrons. The maximum absolute atomic E-state index is 13.0. The molecule has 0 unspecified atom stereocenters. The average molecular weight is 383 g/mol. The van der Waals surface area contributed by atoms with Gasteiger partial charge in [0.15, 0.2) is 6.61 Å². The number of benzene rings is 2. The quantitative estimate of drug-likeness (QED) is 0.680. The highest BCUT2D eigenvalue weighted by molar-refractivity contribution is 5.88. The van der Waals surface area contributed by atoms with Crippen molar-refractivity contribution in [2.45, 2.75) is 52.2 Å². The minimum absolute atomic E-state index is 0.0656. The van der Waals surface area contributed by atoms with E-state index in [1.54, 1.807) is 4.90 Å². The van der Waals surface area contributed by atoms with E-state index < -0.39 is 6.04 Å². The molecule has 0 saturated heterocycles. The van der Waals surface area contributed by atoms with Crippen molar-refractivity contribution < 1.29 is 14.3 Å². The van der Waals surface area contributed by atoms with Crippen LogP contribution in [0.5, 0.6) is 5.75 Å². The Morgan fingerprint density at radius 3 is 2.14 bits per heavy atom. The van der Waals surface area contributed by atoms with Crippen LogP contribution in [0.15, 0.2) is 60.7 Å². The van der Waals surface area contributed by atoms with Crippen LogP contribution in [0, 0.1) is 0 Å². The summed E-state index contributed by atoms with van der Waals surface area (Å²) in [5.74, 6) is 0.298. The SMILES string of the molecule is CC[C@@H](C)NC(=O)[C@H](CC)N(Cc1ccccc1)C(=O)COc1ccccc1. The molecule has 0 heterocycles. The average Bonchev–Trinajstić information content (AvgIpc) is 2.73. The van der Waals surface area contributed by atoms with Crippen LogP contribution >= 0.6 is 0 Å². The minimum atomic E-state index is -0.541. The molecule has 2 amide bonds. The van der Waals surface area contributed by atoms with Crippen molar-refractivity contribution in [1.82, 2.24) is 10.2 Å². The molecule has 0 aliphatic heterocycles. The van der Waals surface area contributed by atoms with Crippen LogP contribution in [-0.4, -0.2) is 35.4 Å². The van der Waals surface area contributed by atoms with Gasteiger partial charge in [-0.25, -0.2) is 0 Å². The molecule has 0 aliphatic carbocycles. The molecule has 1 N–H and O–H groups in total. The van der Waals surface area contributed by atoms with E-state index in [-0.39, 0.29) is 24.5 Å². The number of nitrogens with zero attached hydrogens (tertiary/aromatic N) is 1. The summed E-state index contributed by atoms with van der Waals surface area (Å²) in [5.41, 5.74) is 0.977. The number of carbonyl (C=O) groups excluding carboxylic acids is 2. The van der Waals surface area contributed by atoms with Crippen molar-refractivity contribution in [2.75, 3.05) is 6.61 Å². The lowest BCUT2D eigenvalue weighted by atomic mass is 10.1. The lowest BCUT2D eigenvalue weighted by Crippen LogP contribution is -2.51. The number of carbonyl (C=O) groups is 2. The highest BCUT2D eigenvalue weighted by atomic mass is 16.5. The largest absolute Gasteiger partial charge is 0.484 e. The molecule has 2 atom stereocenters. The van der Waals surface area contributed by atoms with Gasteiger partial charge in [0.2, 0.25) is 5.91 Å². The fourth-order valence-electron chi connectivity index (χ4n) is 2.89. The predicted octanol–water partition coefficient (Wildman–Crippen LogP) is 3.79. The standard InChI is InChI=1S/C23H30N2O3/c1-4-18(3)24-23(27)21(5-2)25(16-19-12-8-6-9-13-19)22(26)17-28-20-14-10-7-11-15-20/h6-15,18,21H,4-5,16-17H2,1-3H3,(H,24,27)/t18-,21+/m1/s1. The van der Waals surface area contributed by atoms with E-state index in [4.69, 9.17) is 4.74 Å². The number of hydrogen-bond donors (Lipinski definition) is 1. The first kappa shape index (κ1) is 21.5. The van der Waals surface area contributed by atoms with E-state index in [2.05, 4.69) is 5.32 Å². The van der Waals surface area contributed by atoms with Crippen LogP contribution in [0.3, 0.4) is 0 Å². The molecule has 0 bridgehead atoms. The molecule has 2 rings (SSSR count). The monoisotopic (exact) mass is 382 g/mol. The van der Waals surface area contributed by atoms with E-state index in [0.29, 0.717) is 18.7 Å². The van der Waals surface area contributed by atoms with E-state index in [0.717, 1.165) is 12.0 Å². The zero-order valence-electron chi connectivity index (χ0n) is 16.9. The van der Waals surface area contributed by atoms with Crippen molar-refractivity contribution in [3.63, 3.8) is 0 Å². The second-order valence-corrected chi connectivity index (χ2v) is 6.85. The summed E-state index contributed by atoms with van der Waals surface area (Å²) in [6.07, 6.45) is 1.37. The van der Waals surface area contributed by atoms with Gasteiger partial charge in [0.25, 0.3) is 5.91 Å². The minimum Gasteiger partial charge on any atom is -0.484 e. The number of amides is 2. The fraction of sp³-hybridized carbons (Fsp3) is 0.391. The third-order valence-electron chi connectivity index (χ3n) is 4.69. The van der Waals surface area contributed by atoms with Crippen molar-refractivity contribution in [1.29, 1.82) is 0 Å². The van der Waals surface area contributed by atoms with E-state index in [1.807, 2.05) is 81.4 Å². The van der Waals surface area contributed by atoms with Crippen molar-refractivity contribution in [3.8, 4) is 5.75 Å². The van der Waals surface area contributed by atoms with Gasteiger partial charge in [-0.15, -0.1) is 0 Å². The van der Waals surface area contributed by atoms with Gasteiger partial charge in [0.05, 0.1) is 0 Å². The molecule has 0 radical (unpaired) electrons. The normalized spacial score (nSPS) is 12.7. The summed E-state index contributed by atoms with van der Waals surface area (Å²) in [4.78, 5) is 27.4. The molecule has 28 heavy (non-hydrogen) atoms. The van der Waals surface area contributed by atoms with Crippen LogP contribution in [0.4, 0.5) is 0 Å². The smallest absolute Gasteiger partial charge is 0.261 e. The van der Waals surface area contributed by atoms with Crippen LogP contribution < -0.4 is 10.1 Å². The van der Waals surface area contributed by atoms with E-state index in [9.17, 15) is 9.59 Å². The predicted molar refractivity (Wildman–Crippen MR) is 111 cm³/mol. The lowest BCUT2D eigenvalue weighted by molar-refractivity contribution is -0.143. The van der Waals surface area contributed by atoms with Gasteiger partial charge in [0, 0.05) is 12.6 Å². The third kappa shape index (κ3) is 6.41. The summed E-state index contributed by atoms with van der Waals surface area (Å²) >= 11 is 0. The van der Waals surface area contributed by atoms with Gasteiger partial charge >= 0.3 is 0 Å². The molecule has 2 aromatic rings. The zero-order chi connectivity index (χ0) is 20.4. The topological polar surface area (TPSA) is 58.6 Å². The van der Waals surface area contributed by atoms with Crippen LogP contribution in [0.2, 0.25) is 0 Å². The second kappa shape index (κ2) is 11.1. The highest BCUT2D eigenvalue weighted by Crippen LogP contribution is 2.14. The summed E-state index contributed by atoms with van der Waals surface area (Å²) in [6.45, 7) is 6.16. The number of ether oxygens (including phenoxy) is 1. The Bertz CT molecular complexity index is 734. The number of para-hydroxylation sites is 1. The molecule has 0 fully saturated rings. The summed E-state index contributed by atoms with van der Waals surface area (Å²) in [5, 5.41) is 3.00. The Labute approximate surface area is 167 Å². The number of rotatable bonds is 10. The number of hydrogen-bond acceptors (Lipinski definition) is 3. The molecule has 5 nitrogen and oxygen atoms in total. The maximum Gasteiger partial charge on any atom is 0.261 e. The first-order chi connectivity index (χ1) is 13.5. The fourth-order valence-corrected chi connectivity index (χ4v) is 2.89. The molecular weight excluding hydrogens is 352 g/mol. The highest BCUT2D eigenvalue weighted by Gasteiger charge is 2.29. The van der Waals surface area contributed by atoms with Gasteiger partial charge in [0.1, 0.15) is 11.8 Å². The Kier molecular flexibility index (Phi) is 8.53. The Hall–Kier alpha value is -2.82. The van der Waals surface area contributed by atoms with Gasteiger partial charge in [-0.2, -0.15) is 0 Å². The molecule has 5 heteroatoms. The van der Waals surface area contributed by atoms with Crippen LogP contribution in [-0.2, 0) is 16.1 Å². The Balaban J connectivity index is 2.16. The summed E-state index contributed by atoms with van der Waals surface area (Å²) in [6, 6.07) is 18.4. The van der Waals surface area contributed by atoms with Gasteiger partial charge in [-0.05, 0) is 37.5 Å². The molecule has 2 aromatic carbocycles. The zero-order valence-corrected chi connectivity index (χ0v) is 16.9. The van der Waals surface area contributed by atoms with E-state index >= 15 is 0 Å². The number of nitrogens with one attached hydrogen (secondary N) is 1. The molecule has 0 aromatic heterocycles. The van der Waals surface area contributed by atoms with Gasteiger partial charge < -0.3 is 15.0 Å². The van der Waals surface area contributed by atoms with Crippen molar-refractivity contribution >= 4 is 11.8 Å². The van der Waals surface area contributed by atoms with Crippen LogP contribution in [0.1, 0.15) is 39.2 Å². The maximum atomic E-state index is 13.0. The third-order valence-corrected chi connectivity index (χ3v) is 4.69. The first-order valence-corrected chi connectivity index (χ1v) is 9.86. The molecule has 0 spiro atoms. The first-order valence-electron chi connectivity index (χ1n) is 9.86. The van der Waals surface area contributed by atoms with Crippen molar-refractivity contribution in [2.24, 2.45) is 0 Å². The van der Waals surface area contributed by atoms with Gasteiger partial charge in [-0.1, -0.05) is 62.4 Å². The van der Waals surface area contributed by atoms with Crippen molar-refractivity contribution in [3.05, 3.63) is 66.2 Å². The van der Waals surface area contributed by atoms with E-state index in [1.165, 1.54) is 0 Å². The van der Waals surface area contributed by atoms with Gasteiger partial charge in [-0.3, -0.25) is 9.59 Å².